The van der Waals surface area contributed by atoms with Gasteiger partial charge in [-0.15, -0.1) is 0 Å². The van der Waals surface area contributed by atoms with E-state index in [1.54, 1.807) is 38.1 Å². The number of ketones is 1. The van der Waals surface area contributed by atoms with Crippen molar-refractivity contribution in [3.8, 4) is 0 Å². The lowest BCUT2D eigenvalue weighted by molar-refractivity contribution is -0.141. The Kier molecular flexibility index (Phi) is 4.24. The third-order valence-electron chi connectivity index (χ3n) is 2.32. The third kappa shape index (κ3) is 2.92. The summed E-state index contributed by atoms with van der Waals surface area (Å²) in [6.07, 6.45) is 0. The Morgan fingerprint density at radius 1 is 1.31 bits per heavy atom. The summed E-state index contributed by atoms with van der Waals surface area (Å²) in [7, 11) is 0. The molecule has 0 aromatic heterocycles. The van der Waals surface area contributed by atoms with Crippen molar-refractivity contribution in [2.75, 3.05) is 0 Å². The van der Waals surface area contributed by atoms with Crippen molar-refractivity contribution in [2.45, 2.75) is 13.8 Å². The predicted octanol–water partition coefficient (Wildman–Crippen LogP) is 2.99. The summed E-state index contributed by atoms with van der Waals surface area (Å²) >= 11 is 3.25. The van der Waals surface area contributed by atoms with Gasteiger partial charge in [-0.1, -0.05) is 41.9 Å². The summed E-state index contributed by atoms with van der Waals surface area (Å²) in [6, 6.07) is 6.78. The molecule has 0 radical (unpaired) electrons. The minimum atomic E-state index is -1.07. The number of rotatable bonds is 4. The minimum Gasteiger partial charge on any atom is -0.481 e. The number of carboxylic acids is 1. The Bertz CT molecular complexity index is 412. The van der Waals surface area contributed by atoms with Gasteiger partial charge in [-0.3, -0.25) is 9.59 Å². The van der Waals surface area contributed by atoms with Crippen LogP contribution in [-0.4, -0.2) is 16.9 Å². The highest BCUT2D eigenvalue weighted by Gasteiger charge is 2.30. The van der Waals surface area contributed by atoms with E-state index < -0.39 is 11.9 Å². The molecule has 0 aliphatic heterocycles. The van der Waals surface area contributed by atoms with Gasteiger partial charge in [-0.05, 0) is 18.1 Å². The number of halogens is 1. The molecule has 0 saturated heterocycles. The largest absolute Gasteiger partial charge is 0.481 e. The number of aliphatic carboxylic acids is 1. The van der Waals surface area contributed by atoms with Crippen LogP contribution < -0.4 is 0 Å². The molecule has 0 fully saturated rings. The topological polar surface area (TPSA) is 54.4 Å². The molecular formula is C12H13BrO3. The molecule has 1 rings (SSSR count). The molecule has 1 atom stereocenters. The molecular weight excluding hydrogens is 272 g/mol. The first kappa shape index (κ1) is 12.9. The van der Waals surface area contributed by atoms with Crippen LogP contribution in [0.1, 0.15) is 24.2 Å². The SMILES string of the molecule is CC(C)C(C(=O)O)C(=O)c1cccc(Br)c1. The zero-order chi connectivity index (χ0) is 12.3. The van der Waals surface area contributed by atoms with Gasteiger partial charge in [0.25, 0.3) is 0 Å². The molecule has 0 spiro atoms. The van der Waals surface area contributed by atoms with Crippen LogP contribution >= 0.6 is 15.9 Å². The molecule has 16 heavy (non-hydrogen) atoms. The molecule has 0 bridgehead atoms. The first-order valence-corrected chi connectivity index (χ1v) is 5.75. The fraction of sp³-hybridized carbons (Fsp3) is 0.333. The first-order chi connectivity index (χ1) is 7.43. The zero-order valence-electron chi connectivity index (χ0n) is 9.11. The minimum absolute atomic E-state index is 0.219. The lowest BCUT2D eigenvalue weighted by atomic mass is 9.88. The molecule has 4 heteroatoms. The van der Waals surface area contributed by atoms with Gasteiger partial charge in [0.1, 0.15) is 5.92 Å². The maximum absolute atomic E-state index is 12.0. The molecule has 0 aliphatic carbocycles. The van der Waals surface area contributed by atoms with Gasteiger partial charge in [0.2, 0.25) is 0 Å². The van der Waals surface area contributed by atoms with Crippen LogP contribution in [0.4, 0.5) is 0 Å². The van der Waals surface area contributed by atoms with Gasteiger partial charge >= 0.3 is 5.97 Å². The van der Waals surface area contributed by atoms with Crippen molar-refractivity contribution in [3.63, 3.8) is 0 Å². The van der Waals surface area contributed by atoms with Gasteiger partial charge in [-0.25, -0.2) is 0 Å². The lowest BCUT2D eigenvalue weighted by Crippen LogP contribution is -2.28. The van der Waals surface area contributed by atoms with E-state index >= 15 is 0 Å². The summed E-state index contributed by atoms with van der Waals surface area (Å²) in [5, 5.41) is 9.01. The molecule has 86 valence electrons. The average Bonchev–Trinajstić information content (AvgIpc) is 2.16. The highest BCUT2D eigenvalue weighted by atomic mass is 79.9. The van der Waals surface area contributed by atoms with Crippen LogP contribution in [0.2, 0.25) is 0 Å². The van der Waals surface area contributed by atoms with Crippen LogP contribution in [0.3, 0.4) is 0 Å². The van der Waals surface area contributed by atoms with Crippen molar-refractivity contribution >= 4 is 27.7 Å². The van der Waals surface area contributed by atoms with E-state index in [1.807, 2.05) is 0 Å². The standard InChI is InChI=1S/C12H13BrO3/c1-7(2)10(12(15)16)11(14)8-4-3-5-9(13)6-8/h3-7,10H,1-2H3,(H,15,16). The van der Waals surface area contributed by atoms with Crippen LogP contribution in [0.5, 0.6) is 0 Å². The summed E-state index contributed by atoms with van der Waals surface area (Å²) in [5.74, 6) is -2.61. The fourth-order valence-electron chi connectivity index (χ4n) is 1.52. The predicted molar refractivity (Wildman–Crippen MR) is 64.4 cm³/mol. The number of carboxylic acid groups (broad SMARTS) is 1. The average molecular weight is 285 g/mol. The van der Waals surface area contributed by atoms with E-state index in [2.05, 4.69) is 15.9 Å². The first-order valence-electron chi connectivity index (χ1n) is 4.96. The van der Waals surface area contributed by atoms with E-state index in [1.165, 1.54) is 0 Å². The van der Waals surface area contributed by atoms with Crippen LogP contribution in [0.15, 0.2) is 28.7 Å². The van der Waals surface area contributed by atoms with Crippen molar-refractivity contribution in [3.05, 3.63) is 34.3 Å². The second-order valence-corrected chi connectivity index (χ2v) is 4.85. The monoisotopic (exact) mass is 284 g/mol. The number of carbonyl (C=O) groups is 2. The Balaban J connectivity index is 3.04. The van der Waals surface area contributed by atoms with Gasteiger partial charge < -0.3 is 5.11 Å². The number of Topliss-reactive ketones (excluding diaryl/α,β-unsaturated/α-hetero) is 1. The number of carbonyl (C=O) groups excluding carboxylic acids is 1. The molecule has 3 nitrogen and oxygen atoms in total. The van der Waals surface area contributed by atoms with E-state index in [0.29, 0.717) is 5.56 Å². The molecule has 0 heterocycles. The molecule has 1 aromatic carbocycles. The van der Waals surface area contributed by atoms with E-state index in [0.717, 1.165) is 4.47 Å². The molecule has 0 aliphatic rings. The molecule has 1 unspecified atom stereocenters. The number of benzene rings is 1. The Morgan fingerprint density at radius 3 is 2.38 bits per heavy atom. The molecule has 0 saturated carbocycles. The Morgan fingerprint density at radius 2 is 1.94 bits per heavy atom. The second-order valence-electron chi connectivity index (χ2n) is 3.93. The molecule has 1 N–H and O–H groups in total. The van der Waals surface area contributed by atoms with E-state index in [9.17, 15) is 9.59 Å². The van der Waals surface area contributed by atoms with Gasteiger partial charge in [0.15, 0.2) is 5.78 Å². The summed E-state index contributed by atoms with van der Waals surface area (Å²) in [6.45, 7) is 3.46. The normalized spacial score (nSPS) is 12.5. The smallest absolute Gasteiger partial charge is 0.314 e. The Labute approximate surface area is 103 Å². The fourth-order valence-corrected chi connectivity index (χ4v) is 1.92. The number of hydrogen-bond acceptors (Lipinski definition) is 2. The van der Waals surface area contributed by atoms with E-state index in [-0.39, 0.29) is 11.7 Å². The van der Waals surface area contributed by atoms with Gasteiger partial charge in [0.05, 0.1) is 0 Å². The maximum atomic E-state index is 12.0. The van der Waals surface area contributed by atoms with Crippen molar-refractivity contribution in [2.24, 2.45) is 11.8 Å². The summed E-state index contributed by atoms with van der Waals surface area (Å²) in [5.41, 5.74) is 0.426. The van der Waals surface area contributed by atoms with E-state index in [4.69, 9.17) is 5.11 Å². The third-order valence-corrected chi connectivity index (χ3v) is 2.82. The second kappa shape index (κ2) is 5.25. The lowest BCUT2D eigenvalue weighted by Gasteiger charge is -2.14. The summed E-state index contributed by atoms with van der Waals surface area (Å²) in [4.78, 5) is 23.0. The van der Waals surface area contributed by atoms with Crippen LogP contribution in [-0.2, 0) is 4.79 Å². The highest BCUT2D eigenvalue weighted by Crippen LogP contribution is 2.20. The highest BCUT2D eigenvalue weighted by molar-refractivity contribution is 9.10. The Hall–Kier alpha value is -1.16. The zero-order valence-corrected chi connectivity index (χ0v) is 10.7. The van der Waals surface area contributed by atoms with Gasteiger partial charge in [0, 0.05) is 10.0 Å². The molecule has 0 amide bonds. The summed E-state index contributed by atoms with van der Waals surface area (Å²) < 4.78 is 0.770. The number of hydrogen-bond donors (Lipinski definition) is 1. The van der Waals surface area contributed by atoms with Crippen molar-refractivity contribution in [1.29, 1.82) is 0 Å². The van der Waals surface area contributed by atoms with Crippen LogP contribution in [0, 0.1) is 11.8 Å². The van der Waals surface area contributed by atoms with Crippen LogP contribution in [0.25, 0.3) is 0 Å². The quantitative estimate of drug-likeness (QED) is 0.683. The van der Waals surface area contributed by atoms with Crippen molar-refractivity contribution in [1.82, 2.24) is 0 Å². The molecule has 1 aromatic rings. The van der Waals surface area contributed by atoms with Crippen molar-refractivity contribution < 1.29 is 14.7 Å². The van der Waals surface area contributed by atoms with Gasteiger partial charge in [-0.2, -0.15) is 0 Å². The maximum Gasteiger partial charge on any atom is 0.314 e.